The van der Waals surface area contributed by atoms with Crippen LogP contribution in [0.2, 0.25) is 0 Å². The molecule has 0 bridgehead atoms. The Morgan fingerprint density at radius 1 is 1.18 bits per heavy atom. The molecule has 0 fully saturated rings. The van der Waals surface area contributed by atoms with E-state index in [4.69, 9.17) is 5.11 Å². The molecular weight excluding hydrogens is 272 g/mol. The van der Waals surface area contributed by atoms with Gasteiger partial charge in [0.05, 0.1) is 6.61 Å². The van der Waals surface area contributed by atoms with Gasteiger partial charge in [-0.05, 0) is 62.7 Å². The second kappa shape index (κ2) is 8.19. The molecule has 0 atom stereocenters. The van der Waals surface area contributed by atoms with Crippen molar-refractivity contribution in [2.45, 2.75) is 53.9 Å². The lowest BCUT2D eigenvalue weighted by Crippen LogP contribution is -2.19. The fraction of sp³-hybridized carbons (Fsp3) is 0.500. The van der Waals surface area contributed by atoms with Gasteiger partial charge in [0.1, 0.15) is 5.76 Å². The second-order valence-corrected chi connectivity index (χ2v) is 6.80. The zero-order valence-corrected chi connectivity index (χ0v) is 14.6. The molecule has 2 nitrogen and oxygen atoms in total. The van der Waals surface area contributed by atoms with Crippen LogP contribution in [-0.4, -0.2) is 16.8 Å². The lowest BCUT2D eigenvalue weighted by molar-refractivity contribution is 0.342. The van der Waals surface area contributed by atoms with E-state index in [-0.39, 0.29) is 17.8 Å². The number of aliphatic hydroxyl groups excluding tert-OH is 2. The van der Waals surface area contributed by atoms with Gasteiger partial charge >= 0.3 is 0 Å². The molecule has 122 valence electrons. The fourth-order valence-electron chi connectivity index (χ4n) is 2.86. The van der Waals surface area contributed by atoms with Crippen molar-refractivity contribution >= 4 is 0 Å². The second-order valence-electron chi connectivity index (χ2n) is 6.80. The smallest absolute Gasteiger partial charge is 0.118 e. The molecule has 0 unspecified atom stereocenters. The standard InChI is InChI=1S/C20H30O2/c1-15(12-14-21)8-11-19(22)17(3)9-10-18-16(2)7-6-13-20(18,4)5/h8-12,21-22H,6-7,13-14H2,1-5H3/b10-9?,11-8-,15-12-,19-17?. The molecule has 0 aliphatic heterocycles. The van der Waals surface area contributed by atoms with Crippen LogP contribution in [0.4, 0.5) is 0 Å². The van der Waals surface area contributed by atoms with Gasteiger partial charge in [0, 0.05) is 0 Å². The van der Waals surface area contributed by atoms with Gasteiger partial charge in [0.2, 0.25) is 0 Å². The Kier molecular flexibility index (Phi) is 6.89. The highest BCUT2D eigenvalue weighted by Gasteiger charge is 2.26. The maximum Gasteiger partial charge on any atom is 0.118 e. The molecular formula is C20H30O2. The number of aliphatic hydroxyl groups is 2. The first kappa shape index (κ1) is 18.5. The molecule has 0 saturated carbocycles. The van der Waals surface area contributed by atoms with Crippen LogP contribution in [0.5, 0.6) is 0 Å². The quantitative estimate of drug-likeness (QED) is 0.527. The maximum atomic E-state index is 10.1. The summed E-state index contributed by atoms with van der Waals surface area (Å²) in [6.45, 7) is 10.6. The number of allylic oxidation sites excluding steroid dienone is 8. The van der Waals surface area contributed by atoms with Crippen LogP contribution in [0, 0.1) is 5.41 Å². The lowest BCUT2D eigenvalue weighted by atomic mass is 9.72. The SMILES string of the molecule is CC(C=CC1=C(C)CCCC1(C)C)=C(O)/C=C\C(C)=C/CO. The summed E-state index contributed by atoms with van der Waals surface area (Å²) in [6.07, 6.45) is 13.0. The van der Waals surface area contributed by atoms with Gasteiger partial charge in [0.15, 0.2) is 0 Å². The topological polar surface area (TPSA) is 40.5 Å². The zero-order chi connectivity index (χ0) is 16.8. The maximum absolute atomic E-state index is 10.1. The average Bonchev–Trinajstić information content (AvgIpc) is 2.43. The van der Waals surface area contributed by atoms with Crippen LogP contribution >= 0.6 is 0 Å². The van der Waals surface area contributed by atoms with E-state index in [2.05, 4.69) is 26.8 Å². The van der Waals surface area contributed by atoms with E-state index in [0.29, 0.717) is 0 Å². The highest BCUT2D eigenvalue weighted by atomic mass is 16.3. The highest BCUT2D eigenvalue weighted by Crippen LogP contribution is 2.40. The molecule has 1 aliphatic carbocycles. The Morgan fingerprint density at radius 3 is 2.45 bits per heavy atom. The van der Waals surface area contributed by atoms with Gasteiger partial charge in [0.25, 0.3) is 0 Å². The Morgan fingerprint density at radius 2 is 1.86 bits per heavy atom. The van der Waals surface area contributed by atoms with Gasteiger partial charge in [-0.3, -0.25) is 0 Å². The van der Waals surface area contributed by atoms with Crippen molar-refractivity contribution in [2.24, 2.45) is 5.41 Å². The van der Waals surface area contributed by atoms with Crippen molar-refractivity contribution in [3.8, 4) is 0 Å². The van der Waals surface area contributed by atoms with E-state index in [9.17, 15) is 5.11 Å². The Balaban J connectivity index is 2.92. The fourth-order valence-corrected chi connectivity index (χ4v) is 2.86. The van der Waals surface area contributed by atoms with E-state index in [1.165, 1.54) is 30.4 Å². The molecule has 0 saturated heterocycles. The molecule has 0 aromatic rings. The van der Waals surface area contributed by atoms with Gasteiger partial charge in [-0.1, -0.05) is 49.3 Å². The first-order valence-electron chi connectivity index (χ1n) is 8.02. The zero-order valence-electron chi connectivity index (χ0n) is 14.6. The summed E-state index contributed by atoms with van der Waals surface area (Å²) >= 11 is 0. The summed E-state index contributed by atoms with van der Waals surface area (Å²) < 4.78 is 0. The molecule has 0 heterocycles. The molecule has 0 radical (unpaired) electrons. The van der Waals surface area contributed by atoms with Crippen LogP contribution in [0.1, 0.15) is 53.9 Å². The highest BCUT2D eigenvalue weighted by molar-refractivity contribution is 5.38. The predicted molar refractivity (Wildman–Crippen MR) is 94.8 cm³/mol. The molecule has 0 spiro atoms. The van der Waals surface area contributed by atoms with E-state index >= 15 is 0 Å². The molecule has 2 N–H and O–H groups in total. The largest absolute Gasteiger partial charge is 0.508 e. The first-order chi connectivity index (χ1) is 10.3. The number of rotatable bonds is 5. The third kappa shape index (κ3) is 5.34. The van der Waals surface area contributed by atoms with Gasteiger partial charge in [-0.2, -0.15) is 0 Å². The minimum atomic E-state index is 0.0159. The predicted octanol–water partition coefficient (Wildman–Crippen LogP) is 5.40. The Labute approximate surface area is 135 Å². The molecule has 1 aliphatic rings. The van der Waals surface area contributed by atoms with E-state index in [1.54, 1.807) is 18.2 Å². The van der Waals surface area contributed by atoms with Gasteiger partial charge in [-0.25, -0.2) is 0 Å². The summed E-state index contributed by atoms with van der Waals surface area (Å²) in [5, 5.41) is 18.9. The molecule has 0 amide bonds. The first-order valence-corrected chi connectivity index (χ1v) is 8.02. The van der Waals surface area contributed by atoms with E-state index in [1.807, 2.05) is 19.9 Å². The van der Waals surface area contributed by atoms with Crippen LogP contribution in [0.3, 0.4) is 0 Å². The van der Waals surface area contributed by atoms with E-state index < -0.39 is 0 Å². The number of hydrogen-bond acceptors (Lipinski definition) is 2. The van der Waals surface area contributed by atoms with E-state index in [0.717, 1.165) is 11.1 Å². The Bertz CT molecular complexity index is 540. The minimum Gasteiger partial charge on any atom is -0.508 e. The summed E-state index contributed by atoms with van der Waals surface area (Å²) in [4.78, 5) is 0. The van der Waals surface area contributed by atoms with Crippen LogP contribution in [-0.2, 0) is 0 Å². The Hall–Kier alpha value is -1.54. The van der Waals surface area contributed by atoms with Crippen molar-refractivity contribution in [3.63, 3.8) is 0 Å². The molecule has 2 heteroatoms. The van der Waals surface area contributed by atoms with Gasteiger partial charge in [-0.15, -0.1) is 0 Å². The van der Waals surface area contributed by atoms with Crippen molar-refractivity contribution in [1.82, 2.24) is 0 Å². The van der Waals surface area contributed by atoms with Crippen molar-refractivity contribution in [2.75, 3.05) is 6.61 Å². The van der Waals surface area contributed by atoms with Crippen LogP contribution in [0.25, 0.3) is 0 Å². The number of hydrogen-bond donors (Lipinski definition) is 2. The minimum absolute atomic E-state index is 0.0159. The summed E-state index contributed by atoms with van der Waals surface area (Å²) in [5.74, 6) is 0.258. The normalized spacial score (nSPS) is 20.9. The summed E-state index contributed by atoms with van der Waals surface area (Å²) in [5.41, 5.74) is 4.83. The molecule has 22 heavy (non-hydrogen) atoms. The van der Waals surface area contributed by atoms with Crippen molar-refractivity contribution < 1.29 is 10.2 Å². The summed E-state index contributed by atoms with van der Waals surface area (Å²) in [6, 6.07) is 0. The summed E-state index contributed by atoms with van der Waals surface area (Å²) in [7, 11) is 0. The third-order valence-electron chi connectivity index (χ3n) is 4.36. The third-order valence-corrected chi connectivity index (χ3v) is 4.36. The molecule has 0 aromatic carbocycles. The molecule has 0 aromatic heterocycles. The van der Waals surface area contributed by atoms with Gasteiger partial charge < -0.3 is 10.2 Å². The lowest BCUT2D eigenvalue weighted by Gasteiger charge is -2.32. The van der Waals surface area contributed by atoms with Crippen molar-refractivity contribution in [1.29, 1.82) is 0 Å². The average molecular weight is 302 g/mol. The van der Waals surface area contributed by atoms with Crippen LogP contribution < -0.4 is 0 Å². The van der Waals surface area contributed by atoms with Crippen molar-refractivity contribution in [3.05, 3.63) is 58.4 Å². The monoisotopic (exact) mass is 302 g/mol. The molecule has 1 rings (SSSR count). The van der Waals surface area contributed by atoms with Crippen LogP contribution in [0.15, 0.2) is 58.4 Å².